The molecule has 3 aromatic rings. The lowest BCUT2D eigenvalue weighted by Gasteiger charge is -2.24. The van der Waals surface area contributed by atoms with Gasteiger partial charge in [0.1, 0.15) is 0 Å². The zero-order chi connectivity index (χ0) is 17.1. The van der Waals surface area contributed by atoms with E-state index in [1.165, 1.54) is 0 Å². The summed E-state index contributed by atoms with van der Waals surface area (Å²) in [5, 5.41) is 7.38. The average Bonchev–Trinajstić information content (AvgIpc) is 2.68. The molecule has 1 fully saturated rings. The lowest BCUT2D eigenvalue weighted by atomic mass is 10.0. The van der Waals surface area contributed by atoms with Crippen molar-refractivity contribution in [3.8, 4) is 11.3 Å². The number of piperidine rings is 1. The standard InChI is InChI=1S/C20H20N4O.2ClH/c25-20(23-15-7-10-21-11-8-15)17-12-19(14-4-3-9-22-13-14)24-18-6-2-1-5-16(17)18;;/h1-6,9,12-13,15,21H,7-8,10-11H2,(H,23,25);2*1H. The fourth-order valence-corrected chi connectivity index (χ4v) is 3.25. The van der Waals surface area contributed by atoms with Crippen LogP contribution in [-0.4, -0.2) is 35.0 Å². The molecule has 1 aliphatic heterocycles. The summed E-state index contributed by atoms with van der Waals surface area (Å²) in [4.78, 5) is 21.8. The van der Waals surface area contributed by atoms with Gasteiger partial charge in [-0.1, -0.05) is 18.2 Å². The highest BCUT2D eigenvalue weighted by molar-refractivity contribution is 6.07. The molecular weight excluding hydrogens is 383 g/mol. The highest BCUT2D eigenvalue weighted by Crippen LogP contribution is 2.24. The van der Waals surface area contributed by atoms with Crippen LogP contribution in [0.15, 0.2) is 54.9 Å². The van der Waals surface area contributed by atoms with Gasteiger partial charge in [-0.25, -0.2) is 4.98 Å². The van der Waals surface area contributed by atoms with Crippen LogP contribution in [0.1, 0.15) is 23.2 Å². The van der Waals surface area contributed by atoms with Gasteiger partial charge in [0, 0.05) is 29.4 Å². The molecule has 1 aliphatic rings. The maximum absolute atomic E-state index is 12.9. The smallest absolute Gasteiger partial charge is 0.252 e. The van der Waals surface area contributed by atoms with Crippen LogP contribution in [0, 0.1) is 0 Å². The first-order chi connectivity index (χ1) is 12.3. The molecule has 1 amide bonds. The molecule has 2 N–H and O–H groups in total. The summed E-state index contributed by atoms with van der Waals surface area (Å²) < 4.78 is 0. The van der Waals surface area contributed by atoms with Gasteiger partial charge in [-0.3, -0.25) is 9.78 Å². The summed E-state index contributed by atoms with van der Waals surface area (Å²) >= 11 is 0. The predicted octanol–water partition coefficient (Wildman–Crippen LogP) is 3.62. The Morgan fingerprint density at radius 2 is 1.85 bits per heavy atom. The molecule has 4 rings (SSSR count). The van der Waals surface area contributed by atoms with Crippen LogP contribution in [0.5, 0.6) is 0 Å². The summed E-state index contributed by atoms with van der Waals surface area (Å²) in [5.74, 6) is -0.0318. The van der Waals surface area contributed by atoms with E-state index in [0.717, 1.165) is 48.1 Å². The van der Waals surface area contributed by atoms with E-state index < -0.39 is 0 Å². The molecule has 0 bridgehead atoms. The monoisotopic (exact) mass is 404 g/mol. The second kappa shape index (κ2) is 9.65. The van der Waals surface area contributed by atoms with E-state index in [0.29, 0.717) is 5.56 Å². The minimum absolute atomic E-state index is 0. The minimum atomic E-state index is -0.0318. The molecule has 0 unspecified atom stereocenters. The van der Waals surface area contributed by atoms with Crippen molar-refractivity contribution in [3.05, 3.63) is 60.4 Å². The van der Waals surface area contributed by atoms with Gasteiger partial charge in [0.25, 0.3) is 5.91 Å². The summed E-state index contributed by atoms with van der Waals surface area (Å²) in [6, 6.07) is 13.7. The van der Waals surface area contributed by atoms with E-state index in [-0.39, 0.29) is 36.8 Å². The molecule has 3 heterocycles. The highest BCUT2D eigenvalue weighted by atomic mass is 35.5. The van der Waals surface area contributed by atoms with E-state index in [1.54, 1.807) is 12.4 Å². The Balaban J connectivity index is 0.00000131. The molecule has 1 aromatic carbocycles. The van der Waals surface area contributed by atoms with Crippen molar-refractivity contribution < 1.29 is 4.79 Å². The number of pyridine rings is 2. The molecule has 142 valence electrons. The molecule has 0 spiro atoms. The van der Waals surface area contributed by atoms with Crippen LogP contribution in [0.4, 0.5) is 0 Å². The number of fused-ring (bicyclic) bond motifs is 1. The molecule has 5 nitrogen and oxygen atoms in total. The van der Waals surface area contributed by atoms with Gasteiger partial charge in [0.05, 0.1) is 16.8 Å². The van der Waals surface area contributed by atoms with Gasteiger partial charge in [-0.2, -0.15) is 0 Å². The van der Waals surface area contributed by atoms with E-state index in [1.807, 2.05) is 42.5 Å². The first kappa shape index (κ1) is 21.1. The molecule has 1 saturated heterocycles. The molecular formula is C20H22Cl2N4O. The first-order valence-electron chi connectivity index (χ1n) is 8.63. The number of hydrogen-bond donors (Lipinski definition) is 2. The van der Waals surface area contributed by atoms with Gasteiger partial charge in [0.15, 0.2) is 0 Å². The van der Waals surface area contributed by atoms with E-state index in [9.17, 15) is 4.79 Å². The number of rotatable bonds is 3. The lowest BCUT2D eigenvalue weighted by molar-refractivity contribution is 0.0931. The van der Waals surface area contributed by atoms with Crippen molar-refractivity contribution in [3.63, 3.8) is 0 Å². The predicted molar refractivity (Wildman–Crippen MR) is 113 cm³/mol. The third-order valence-corrected chi connectivity index (χ3v) is 4.59. The van der Waals surface area contributed by atoms with Crippen LogP contribution in [0.25, 0.3) is 22.2 Å². The van der Waals surface area contributed by atoms with Crippen molar-refractivity contribution in [2.75, 3.05) is 13.1 Å². The maximum Gasteiger partial charge on any atom is 0.252 e. The number of benzene rings is 1. The van der Waals surface area contributed by atoms with Gasteiger partial charge < -0.3 is 10.6 Å². The highest BCUT2D eigenvalue weighted by Gasteiger charge is 2.19. The number of aromatic nitrogens is 2. The molecule has 0 radical (unpaired) electrons. The van der Waals surface area contributed by atoms with Crippen molar-refractivity contribution in [2.45, 2.75) is 18.9 Å². The molecule has 0 atom stereocenters. The number of carbonyl (C=O) groups excluding carboxylic acids is 1. The Bertz CT molecular complexity index is 899. The van der Waals surface area contributed by atoms with Gasteiger partial charge >= 0.3 is 0 Å². The van der Waals surface area contributed by atoms with Crippen LogP contribution in [-0.2, 0) is 0 Å². The fourth-order valence-electron chi connectivity index (χ4n) is 3.25. The zero-order valence-electron chi connectivity index (χ0n) is 14.7. The molecule has 7 heteroatoms. The molecule has 2 aromatic heterocycles. The minimum Gasteiger partial charge on any atom is -0.349 e. The van der Waals surface area contributed by atoms with E-state index >= 15 is 0 Å². The summed E-state index contributed by atoms with van der Waals surface area (Å²) in [5.41, 5.74) is 3.16. The van der Waals surface area contributed by atoms with Crippen LogP contribution < -0.4 is 10.6 Å². The molecule has 0 aliphatic carbocycles. The first-order valence-corrected chi connectivity index (χ1v) is 8.63. The number of amides is 1. The van der Waals surface area contributed by atoms with Crippen LogP contribution in [0.3, 0.4) is 0 Å². The number of hydrogen-bond acceptors (Lipinski definition) is 4. The molecule has 0 saturated carbocycles. The quantitative estimate of drug-likeness (QED) is 0.699. The number of carbonyl (C=O) groups is 1. The SMILES string of the molecule is Cl.Cl.O=C(NC1CCNCC1)c1cc(-c2cccnc2)nc2ccccc12. The Kier molecular flexibility index (Phi) is 7.54. The maximum atomic E-state index is 12.9. The molecule has 27 heavy (non-hydrogen) atoms. The van der Waals surface area contributed by atoms with E-state index in [4.69, 9.17) is 4.98 Å². The van der Waals surface area contributed by atoms with Crippen LogP contribution >= 0.6 is 24.8 Å². The Hall–Kier alpha value is -2.21. The topological polar surface area (TPSA) is 66.9 Å². The van der Waals surface area contributed by atoms with Crippen molar-refractivity contribution in [1.29, 1.82) is 0 Å². The third kappa shape index (κ3) is 4.75. The average molecular weight is 405 g/mol. The van der Waals surface area contributed by atoms with Crippen molar-refractivity contribution in [2.24, 2.45) is 0 Å². The van der Waals surface area contributed by atoms with Gasteiger partial charge in [-0.05, 0) is 50.2 Å². The van der Waals surface area contributed by atoms with Crippen molar-refractivity contribution >= 4 is 41.6 Å². The summed E-state index contributed by atoms with van der Waals surface area (Å²) in [6.45, 7) is 1.89. The number of para-hydroxylation sites is 1. The lowest BCUT2D eigenvalue weighted by Crippen LogP contribution is -2.42. The van der Waals surface area contributed by atoms with Gasteiger partial charge in [0.2, 0.25) is 0 Å². The van der Waals surface area contributed by atoms with Crippen LogP contribution in [0.2, 0.25) is 0 Å². The fraction of sp³-hybridized carbons (Fsp3) is 0.250. The van der Waals surface area contributed by atoms with Crippen molar-refractivity contribution in [1.82, 2.24) is 20.6 Å². The Labute approximate surface area is 170 Å². The second-order valence-corrected chi connectivity index (χ2v) is 6.31. The summed E-state index contributed by atoms with van der Waals surface area (Å²) in [7, 11) is 0. The Morgan fingerprint density at radius 1 is 1.07 bits per heavy atom. The van der Waals surface area contributed by atoms with E-state index in [2.05, 4.69) is 15.6 Å². The summed E-state index contributed by atoms with van der Waals surface area (Å²) in [6.07, 6.45) is 5.43. The number of halogens is 2. The Morgan fingerprint density at radius 3 is 2.59 bits per heavy atom. The van der Waals surface area contributed by atoms with Gasteiger partial charge in [-0.15, -0.1) is 24.8 Å². The second-order valence-electron chi connectivity index (χ2n) is 6.31. The number of nitrogens with one attached hydrogen (secondary N) is 2. The zero-order valence-corrected chi connectivity index (χ0v) is 16.4. The largest absolute Gasteiger partial charge is 0.349 e. The normalized spacial score (nSPS) is 14.1. The number of nitrogens with zero attached hydrogens (tertiary/aromatic N) is 2. The third-order valence-electron chi connectivity index (χ3n) is 4.59.